The Morgan fingerprint density at radius 1 is 1.88 bits per heavy atom. The fourth-order valence-electron chi connectivity index (χ4n) is 0.453. The van der Waals surface area contributed by atoms with Crippen LogP contribution >= 0.6 is 0 Å². The van der Waals surface area contributed by atoms with Gasteiger partial charge >= 0.3 is 0 Å². The molecule has 2 heteroatoms. The van der Waals surface area contributed by atoms with Gasteiger partial charge in [-0.05, 0) is 6.42 Å². The van der Waals surface area contributed by atoms with Crippen LogP contribution in [0.4, 0.5) is 0 Å². The van der Waals surface area contributed by atoms with E-state index in [1.54, 1.807) is 13.2 Å². The van der Waals surface area contributed by atoms with Gasteiger partial charge in [0.2, 0.25) is 0 Å². The fourth-order valence-corrected chi connectivity index (χ4v) is 0.453. The highest BCUT2D eigenvalue weighted by Gasteiger charge is 1.96. The maximum absolute atomic E-state index is 8.85. The molecule has 8 heavy (non-hydrogen) atoms. The molecule has 0 saturated carbocycles. The van der Waals surface area contributed by atoms with E-state index in [0.29, 0.717) is 13.0 Å². The molecule has 48 valence electrons. The van der Waals surface area contributed by atoms with Gasteiger partial charge in [0.1, 0.15) is 0 Å². The van der Waals surface area contributed by atoms with Crippen LogP contribution in [0.1, 0.15) is 6.42 Å². The minimum absolute atomic E-state index is 0.377. The zero-order chi connectivity index (χ0) is 6.41. The lowest BCUT2D eigenvalue weighted by atomic mass is 10.3. The molecule has 0 aliphatic heterocycles. The van der Waals surface area contributed by atoms with Crippen molar-refractivity contribution < 1.29 is 9.84 Å². The van der Waals surface area contributed by atoms with E-state index in [-0.39, 0.29) is 6.10 Å². The molecule has 0 heterocycles. The Labute approximate surface area is 49.8 Å². The number of hydrogen-bond donors (Lipinski definition) is 1. The van der Waals surface area contributed by atoms with Crippen molar-refractivity contribution in [1.29, 1.82) is 0 Å². The number of rotatable bonds is 4. The predicted molar refractivity (Wildman–Crippen MR) is 32.7 cm³/mol. The van der Waals surface area contributed by atoms with Crippen LogP contribution in [-0.2, 0) is 4.74 Å². The second-order valence-electron chi connectivity index (χ2n) is 1.63. The third-order valence-electron chi connectivity index (χ3n) is 0.798. The van der Waals surface area contributed by atoms with Gasteiger partial charge in [0.15, 0.2) is 0 Å². The van der Waals surface area contributed by atoms with E-state index >= 15 is 0 Å². The quantitative estimate of drug-likeness (QED) is 0.544. The molecule has 0 saturated heterocycles. The molecule has 0 spiro atoms. The smallest absolute Gasteiger partial charge is 0.0807 e. The normalized spacial score (nSPS) is 13.2. The lowest BCUT2D eigenvalue weighted by Gasteiger charge is -2.03. The van der Waals surface area contributed by atoms with Gasteiger partial charge in [-0.1, -0.05) is 6.08 Å². The molecule has 0 unspecified atom stereocenters. The van der Waals surface area contributed by atoms with Gasteiger partial charge in [-0.2, -0.15) is 0 Å². The van der Waals surface area contributed by atoms with Crippen LogP contribution < -0.4 is 0 Å². The molecular weight excluding hydrogens is 104 g/mol. The first-order valence-electron chi connectivity index (χ1n) is 2.59. The molecule has 1 atom stereocenters. The second kappa shape index (κ2) is 4.81. The summed E-state index contributed by atoms with van der Waals surface area (Å²) in [5.74, 6) is 0. The Hall–Kier alpha value is -0.340. The summed E-state index contributed by atoms with van der Waals surface area (Å²) in [6, 6.07) is 0. The Morgan fingerprint density at radius 2 is 2.50 bits per heavy atom. The summed E-state index contributed by atoms with van der Waals surface area (Å²) in [7, 11) is 1.56. The average Bonchev–Trinajstić information content (AvgIpc) is 1.68. The van der Waals surface area contributed by atoms with Gasteiger partial charge in [-0.25, -0.2) is 0 Å². The van der Waals surface area contributed by atoms with Gasteiger partial charge in [0.05, 0.1) is 12.7 Å². The van der Waals surface area contributed by atoms with Crippen LogP contribution in [0.15, 0.2) is 12.7 Å². The van der Waals surface area contributed by atoms with Gasteiger partial charge in [0, 0.05) is 7.11 Å². The monoisotopic (exact) mass is 116 g/mol. The number of ether oxygens (including phenoxy) is 1. The van der Waals surface area contributed by atoms with Crippen molar-refractivity contribution in [3.8, 4) is 0 Å². The van der Waals surface area contributed by atoms with E-state index in [1.807, 2.05) is 0 Å². The molecule has 0 fully saturated rings. The van der Waals surface area contributed by atoms with E-state index in [4.69, 9.17) is 5.11 Å². The Balaban J connectivity index is 3.03. The van der Waals surface area contributed by atoms with E-state index in [9.17, 15) is 0 Å². The van der Waals surface area contributed by atoms with Crippen molar-refractivity contribution in [2.24, 2.45) is 0 Å². The van der Waals surface area contributed by atoms with Crippen LogP contribution in [0, 0.1) is 0 Å². The molecule has 0 bridgehead atoms. The van der Waals surface area contributed by atoms with Gasteiger partial charge < -0.3 is 9.84 Å². The molecule has 1 N–H and O–H groups in total. The minimum atomic E-state index is -0.377. The zero-order valence-electron chi connectivity index (χ0n) is 5.13. The molecule has 0 aromatic carbocycles. The topological polar surface area (TPSA) is 29.5 Å². The second-order valence-corrected chi connectivity index (χ2v) is 1.63. The predicted octanol–water partition coefficient (Wildman–Crippen LogP) is 0.570. The molecule has 0 aromatic rings. The van der Waals surface area contributed by atoms with Crippen LogP contribution in [0.3, 0.4) is 0 Å². The van der Waals surface area contributed by atoms with E-state index < -0.39 is 0 Å². The Morgan fingerprint density at radius 3 is 2.88 bits per heavy atom. The summed E-state index contributed by atoms with van der Waals surface area (Å²) in [4.78, 5) is 0. The standard InChI is InChI=1S/C6H12O2/c1-3-4-6(7)5-8-2/h3,6-7H,1,4-5H2,2H3/t6-/m0/s1. The third kappa shape index (κ3) is 3.84. The summed E-state index contributed by atoms with van der Waals surface area (Å²) < 4.78 is 4.66. The molecule has 0 amide bonds. The van der Waals surface area contributed by atoms with Crippen LogP contribution in [0.5, 0.6) is 0 Å². The maximum atomic E-state index is 8.85. The molecule has 0 aliphatic rings. The summed E-state index contributed by atoms with van der Waals surface area (Å²) >= 11 is 0. The van der Waals surface area contributed by atoms with E-state index in [0.717, 1.165) is 0 Å². The van der Waals surface area contributed by atoms with Crippen molar-refractivity contribution >= 4 is 0 Å². The summed E-state index contributed by atoms with van der Waals surface area (Å²) in [6.45, 7) is 3.86. The van der Waals surface area contributed by atoms with Gasteiger partial charge in [-0.15, -0.1) is 6.58 Å². The molecule has 2 nitrogen and oxygen atoms in total. The largest absolute Gasteiger partial charge is 0.390 e. The highest BCUT2D eigenvalue weighted by atomic mass is 16.5. The summed E-state index contributed by atoms with van der Waals surface area (Å²) in [6.07, 6.45) is 1.90. The van der Waals surface area contributed by atoms with Crippen molar-refractivity contribution in [2.45, 2.75) is 12.5 Å². The average molecular weight is 116 g/mol. The van der Waals surface area contributed by atoms with Gasteiger partial charge in [0.25, 0.3) is 0 Å². The van der Waals surface area contributed by atoms with Crippen molar-refractivity contribution in [1.82, 2.24) is 0 Å². The zero-order valence-corrected chi connectivity index (χ0v) is 5.13. The first-order chi connectivity index (χ1) is 3.81. The highest BCUT2D eigenvalue weighted by molar-refractivity contribution is 4.71. The SMILES string of the molecule is C=CC[C@H](O)COC. The van der Waals surface area contributed by atoms with Crippen LogP contribution in [-0.4, -0.2) is 24.9 Å². The summed E-state index contributed by atoms with van der Waals surface area (Å²) in [5.41, 5.74) is 0. The first-order valence-corrected chi connectivity index (χ1v) is 2.59. The molecular formula is C6H12O2. The van der Waals surface area contributed by atoms with Crippen LogP contribution in [0.25, 0.3) is 0 Å². The molecule has 0 aromatic heterocycles. The van der Waals surface area contributed by atoms with Crippen molar-refractivity contribution in [2.75, 3.05) is 13.7 Å². The van der Waals surface area contributed by atoms with Gasteiger partial charge in [-0.3, -0.25) is 0 Å². The first kappa shape index (κ1) is 7.66. The summed E-state index contributed by atoms with van der Waals surface area (Å²) in [5, 5.41) is 8.85. The lowest BCUT2D eigenvalue weighted by Crippen LogP contribution is -2.11. The van der Waals surface area contributed by atoms with E-state index in [2.05, 4.69) is 11.3 Å². The number of methoxy groups -OCH3 is 1. The molecule has 0 rings (SSSR count). The number of aliphatic hydroxyl groups is 1. The molecule has 0 radical (unpaired) electrons. The minimum Gasteiger partial charge on any atom is -0.390 e. The van der Waals surface area contributed by atoms with Crippen LogP contribution in [0.2, 0.25) is 0 Å². The highest BCUT2D eigenvalue weighted by Crippen LogP contribution is 1.90. The van der Waals surface area contributed by atoms with E-state index in [1.165, 1.54) is 0 Å². The Kier molecular flexibility index (Phi) is 4.61. The maximum Gasteiger partial charge on any atom is 0.0807 e. The lowest BCUT2D eigenvalue weighted by molar-refractivity contribution is 0.0667. The fraction of sp³-hybridized carbons (Fsp3) is 0.667. The number of hydrogen-bond acceptors (Lipinski definition) is 2. The number of aliphatic hydroxyl groups excluding tert-OH is 1. The van der Waals surface area contributed by atoms with Crippen molar-refractivity contribution in [3.63, 3.8) is 0 Å². The van der Waals surface area contributed by atoms with Crippen molar-refractivity contribution in [3.05, 3.63) is 12.7 Å². The third-order valence-corrected chi connectivity index (χ3v) is 0.798. The molecule has 0 aliphatic carbocycles. The Bertz CT molecular complexity index is 61.5.